The molecule has 11 heteroatoms. The number of thiophene rings is 1. The van der Waals surface area contributed by atoms with E-state index in [1.165, 1.54) is 10.9 Å². The smallest absolute Gasteiger partial charge is 0.348 e. The van der Waals surface area contributed by atoms with Crippen LogP contribution in [0.3, 0.4) is 0 Å². The monoisotopic (exact) mass is 477 g/mol. The SMILES string of the molecule is CCOC(=O)c1sc2ncn(CC(=O)Nc3cc4c(cc3Cl)OCCCO4)c(=O)c2c1C. The van der Waals surface area contributed by atoms with Gasteiger partial charge in [-0.3, -0.25) is 14.2 Å². The van der Waals surface area contributed by atoms with Gasteiger partial charge in [0, 0.05) is 18.6 Å². The predicted molar refractivity (Wildman–Crippen MR) is 120 cm³/mol. The maximum absolute atomic E-state index is 13.0. The average Bonchev–Trinajstić information content (AvgIpc) is 2.93. The van der Waals surface area contributed by atoms with Crippen molar-refractivity contribution in [2.75, 3.05) is 25.1 Å². The van der Waals surface area contributed by atoms with Crippen LogP contribution in [-0.4, -0.2) is 41.2 Å². The molecule has 4 rings (SSSR count). The number of amides is 1. The van der Waals surface area contributed by atoms with Crippen LogP contribution in [0.1, 0.15) is 28.6 Å². The summed E-state index contributed by atoms with van der Waals surface area (Å²) in [5, 5.41) is 3.28. The molecule has 0 spiro atoms. The number of benzene rings is 1. The Labute approximate surface area is 191 Å². The number of esters is 1. The molecule has 0 bridgehead atoms. The zero-order valence-electron chi connectivity index (χ0n) is 17.4. The Balaban J connectivity index is 1.57. The van der Waals surface area contributed by atoms with E-state index in [9.17, 15) is 14.4 Å². The third-order valence-electron chi connectivity index (χ3n) is 4.80. The van der Waals surface area contributed by atoms with Gasteiger partial charge in [0.25, 0.3) is 5.56 Å². The van der Waals surface area contributed by atoms with Crippen LogP contribution < -0.4 is 20.3 Å². The van der Waals surface area contributed by atoms with E-state index in [2.05, 4.69) is 10.3 Å². The molecule has 1 aliphatic heterocycles. The van der Waals surface area contributed by atoms with Crippen LogP contribution in [0.4, 0.5) is 5.69 Å². The highest BCUT2D eigenvalue weighted by atomic mass is 35.5. The first-order valence-corrected chi connectivity index (χ1v) is 11.1. The number of nitrogens with zero attached hydrogens (tertiary/aromatic N) is 2. The minimum atomic E-state index is -0.499. The third-order valence-corrected chi connectivity index (χ3v) is 6.30. The Hall–Kier alpha value is -3.11. The first kappa shape index (κ1) is 22.1. The summed E-state index contributed by atoms with van der Waals surface area (Å²) in [5.41, 5.74) is 0.417. The highest BCUT2D eigenvalue weighted by Gasteiger charge is 2.21. The normalized spacial score (nSPS) is 13.0. The summed E-state index contributed by atoms with van der Waals surface area (Å²) in [4.78, 5) is 42.7. The fraction of sp³-hybridized carbons (Fsp3) is 0.333. The molecule has 0 radical (unpaired) electrons. The van der Waals surface area contributed by atoms with E-state index in [4.69, 9.17) is 25.8 Å². The summed E-state index contributed by atoms with van der Waals surface area (Å²) in [6.07, 6.45) is 2.02. The summed E-state index contributed by atoms with van der Waals surface area (Å²) in [6.45, 7) is 4.34. The number of hydrogen-bond acceptors (Lipinski definition) is 8. The standard InChI is InChI=1S/C21H20ClN3O6S/c1-3-29-21(28)18-11(2)17-19(32-18)23-10-25(20(17)27)9-16(26)24-13-8-15-14(7-12(13)22)30-5-4-6-31-15/h7-8,10H,3-6,9H2,1-2H3,(H,24,26). The highest BCUT2D eigenvalue weighted by Crippen LogP contribution is 2.37. The Morgan fingerprint density at radius 2 is 2.00 bits per heavy atom. The third kappa shape index (κ3) is 4.28. The maximum atomic E-state index is 13.0. The van der Waals surface area contributed by atoms with Crippen LogP contribution >= 0.6 is 22.9 Å². The van der Waals surface area contributed by atoms with E-state index in [0.29, 0.717) is 51.1 Å². The molecule has 1 aromatic carbocycles. The molecule has 2 aromatic heterocycles. The first-order chi connectivity index (χ1) is 15.4. The largest absolute Gasteiger partial charge is 0.490 e. The second-order valence-electron chi connectivity index (χ2n) is 7.01. The maximum Gasteiger partial charge on any atom is 0.348 e. The Morgan fingerprint density at radius 1 is 1.28 bits per heavy atom. The van der Waals surface area contributed by atoms with Gasteiger partial charge >= 0.3 is 5.97 Å². The summed E-state index contributed by atoms with van der Waals surface area (Å²) >= 11 is 7.37. The van der Waals surface area contributed by atoms with Crippen LogP contribution in [0.5, 0.6) is 11.5 Å². The van der Waals surface area contributed by atoms with Crippen molar-refractivity contribution < 1.29 is 23.8 Å². The first-order valence-electron chi connectivity index (χ1n) is 9.93. The van der Waals surface area contributed by atoms with Crippen LogP contribution in [0.15, 0.2) is 23.3 Å². The molecule has 0 saturated heterocycles. The van der Waals surface area contributed by atoms with E-state index in [-0.39, 0.29) is 18.2 Å². The molecule has 0 unspecified atom stereocenters. The number of carbonyl (C=O) groups is 2. The Kier molecular flexibility index (Phi) is 6.33. The lowest BCUT2D eigenvalue weighted by atomic mass is 10.2. The zero-order valence-corrected chi connectivity index (χ0v) is 19.0. The van der Waals surface area contributed by atoms with Gasteiger partial charge in [0.2, 0.25) is 5.91 Å². The minimum absolute atomic E-state index is 0.229. The predicted octanol–water partition coefficient (Wildman–Crippen LogP) is 3.40. The number of rotatable bonds is 5. The minimum Gasteiger partial charge on any atom is -0.490 e. The van der Waals surface area contributed by atoms with Crippen LogP contribution in [0.25, 0.3) is 10.2 Å². The van der Waals surface area contributed by atoms with Gasteiger partial charge in [-0.1, -0.05) is 11.6 Å². The molecule has 0 fully saturated rings. The van der Waals surface area contributed by atoms with Crippen molar-refractivity contribution in [3.63, 3.8) is 0 Å². The lowest BCUT2D eigenvalue weighted by Gasteiger charge is -2.13. The van der Waals surface area contributed by atoms with E-state index >= 15 is 0 Å². The second-order valence-corrected chi connectivity index (χ2v) is 8.42. The summed E-state index contributed by atoms with van der Waals surface area (Å²) < 4.78 is 17.4. The topological polar surface area (TPSA) is 109 Å². The van der Waals surface area contributed by atoms with Crippen molar-refractivity contribution >= 4 is 50.7 Å². The Morgan fingerprint density at radius 3 is 2.72 bits per heavy atom. The summed E-state index contributed by atoms with van der Waals surface area (Å²) in [6, 6.07) is 3.18. The molecule has 9 nitrogen and oxygen atoms in total. The molecular weight excluding hydrogens is 458 g/mol. The fourth-order valence-corrected chi connectivity index (χ4v) is 4.52. The second kappa shape index (κ2) is 9.17. The molecule has 32 heavy (non-hydrogen) atoms. The average molecular weight is 478 g/mol. The van der Waals surface area contributed by atoms with E-state index in [1.54, 1.807) is 26.0 Å². The summed E-state index contributed by atoms with van der Waals surface area (Å²) in [7, 11) is 0. The highest BCUT2D eigenvalue weighted by molar-refractivity contribution is 7.20. The molecule has 0 saturated carbocycles. The van der Waals surface area contributed by atoms with Gasteiger partial charge in [0.05, 0.1) is 42.2 Å². The van der Waals surface area contributed by atoms with Gasteiger partial charge in [0.15, 0.2) is 11.5 Å². The zero-order chi connectivity index (χ0) is 22.8. The van der Waals surface area contributed by atoms with Gasteiger partial charge in [-0.15, -0.1) is 11.3 Å². The number of nitrogens with one attached hydrogen (secondary N) is 1. The Bertz CT molecular complexity index is 1270. The van der Waals surface area contributed by atoms with Crippen LogP contribution in [0, 0.1) is 6.92 Å². The summed E-state index contributed by atoms with van der Waals surface area (Å²) in [5.74, 6) is 0.0356. The molecular formula is C21H20ClN3O6S. The van der Waals surface area contributed by atoms with Gasteiger partial charge in [0.1, 0.15) is 16.3 Å². The van der Waals surface area contributed by atoms with Gasteiger partial charge < -0.3 is 19.5 Å². The molecule has 3 aromatic rings. The number of halogens is 1. The number of hydrogen-bond donors (Lipinski definition) is 1. The van der Waals surface area contributed by atoms with Crippen LogP contribution in [-0.2, 0) is 16.1 Å². The van der Waals surface area contributed by atoms with Crippen molar-refractivity contribution in [2.45, 2.75) is 26.8 Å². The molecule has 1 aliphatic rings. The van der Waals surface area contributed by atoms with Crippen LogP contribution in [0.2, 0.25) is 5.02 Å². The number of aromatic nitrogens is 2. The number of fused-ring (bicyclic) bond motifs is 2. The fourth-order valence-electron chi connectivity index (χ4n) is 3.29. The molecule has 0 atom stereocenters. The number of anilines is 1. The van der Waals surface area contributed by atoms with Gasteiger partial charge in [-0.25, -0.2) is 9.78 Å². The molecule has 1 N–H and O–H groups in total. The van der Waals surface area contributed by atoms with Crippen molar-refractivity contribution in [3.8, 4) is 11.5 Å². The molecule has 0 aliphatic carbocycles. The lowest BCUT2D eigenvalue weighted by Crippen LogP contribution is -2.28. The quantitative estimate of drug-likeness (QED) is 0.561. The van der Waals surface area contributed by atoms with Crippen molar-refractivity contribution in [1.29, 1.82) is 0 Å². The number of carbonyl (C=O) groups excluding carboxylic acids is 2. The number of aryl methyl sites for hydroxylation is 1. The molecule has 1 amide bonds. The molecule has 168 valence electrons. The van der Waals surface area contributed by atoms with E-state index in [0.717, 1.165) is 17.8 Å². The van der Waals surface area contributed by atoms with Crippen molar-refractivity contribution in [2.24, 2.45) is 0 Å². The van der Waals surface area contributed by atoms with Crippen molar-refractivity contribution in [1.82, 2.24) is 9.55 Å². The van der Waals surface area contributed by atoms with E-state index in [1.807, 2.05) is 0 Å². The van der Waals surface area contributed by atoms with E-state index < -0.39 is 17.4 Å². The number of ether oxygens (including phenoxy) is 3. The van der Waals surface area contributed by atoms with Crippen molar-refractivity contribution in [3.05, 3.63) is 44.3 Å². The lowest BCUT2D eigenvalue weighted by molar-refractivity contribution is -0.116. The molecule has 3 heterocycles. The van der Waals surface area contributed by atoms with Gasteiger partial charge in [-0.05, 0) is 19.4 Å². The van der Waals surface area contributed by atoms with Gasteiger partial charge in [-0.2, -0.15) is 0 Å².